The van der Waals surface area contributed by atoms with Gasteiger partial charge in [0.2, 0.25) is 0 Å². The average Bonchev–Trinajstić information content (AvgIpc) is 2.37. The van der Waals surface area contributed by atoms with Crippen LogP contribution in [0.25, 0.3) is 0 Å². The van der Waals surface area contributed by atoms with Gasteiger partial charge in [-0.05, 0) is 6.92 Å². The zero-order valence-corrected chi connectivity index (χ0v) is 10.2. The highest BCUT2D eigenvalue weighted by Gasteiger charge is 2.29. The third-order valence-electron chi connectivity index (χ3n) is 2.17. The van der Waals surface area contributed by atoms with Gasteiger partial charge in [0.25, 0.3) is 17.1 Å². The number of rotatable bonds is 6. The summed E-state index contributed by atoms with van der Waals surface area (Å²) in [4.78, 5) is 29.6. The van der Waals surface area contributed by atoms with Crippen molar-refractivity contribution in [1.82, 2.24) is 5.43 Å². The topological polar surface area (TPSA) is 154 Å². The van der Waals surface area contributed by atoms with E-state index in [1.54, 1.807) is 6.92 Å². The Kier molecular flexibility index (Phi) is 4.61. The fraction of sp³-hybridized carbons (Fsp3) is 0.222. The Bertz CT molecular complexity index is 563. The molecule has 1 aromatic carbocycles. The molecule has 0 heterocycles. The summed E-state index contributed by atoms with van der Waals surface area (Å²) in [6, 6.07) is 1.31. The van der Waals surface area contributed by atoms with Gasteiger partial charge < -0.3 is 5.43 Å². The van der Waals surface area contributed by atoms with Crippen molar-refractivity contribution < 1.29 is 14.8 Å². The van der Waals surface area contributed by atoms with E-state index in [9.17, 15) is 30.3 Å². The van der Waals surface area contributed by atoms with Crippen LogP contribution in [0.3, 0.4) is 0 Å². The highest BCUT2D eigenvalue weighted by atomic mass is 16.6. The number of hydrogen-bond acceptors (Lipinski definition) is 8. The molecule has 0 aliphatic rings. The monoisotopic (exact) mass is 283 g/mol. The van der Waals surface area contributed by atoms with Gasteiger partial charge in [-0.2, -0.15) is 5.10 Å². The van der Waals surface area contributed by atoms with Crippen LogP contribution in [0, 0.1) is 30.3 Å². The second kappa shape index (κ2) is 6.17. The van der Waals surface area contributed by atoms with Crippen molar-refractivity contribution in [1.29, 1.82) is 0 Å². The Hall–Kier alpha value is -3.11. The summed E-state index contributed by atoms with van der Waals surface area (Å²) in [5, 5.41) is 36.0. The molecule has 0 unspecified atom stereocenters. The molecule has 0 saturated carbocycles. The molecule has 1 N–H and O–H groups in total. The first-order valence-corrected chi connectivity index (χ1v) is 5.25. The number of non-ortho nitro benzene ring substituents is 1. The van der Waals surface area contributed by atoms with Crippen LogP contribution in [0.1, 0.15) is 12.5 Å². The van der Waals surface area contributed by atoms with Crippen molar-refractivity contribution in [2.45, 2.75) is 6.92 Å². The van der Waals surface area contributed by atoms with Crippen LogP contribution >= 0.6 is 0 Å². The molecule has 0 saturated heterocycles. The molecule has 0 aromatic heterocycles. The van der Waals surface area contributed by atoms with Crippen LogP contribution in [-0.2, 0) is 0 Å². The van der Waals surface area contributed by atoms with E-state index in [-0.39, 0.29) is 0 Å². The Balaban J connectivity index is 3.55. The molecule has 0 atom stereocenters. The fourth-order valence-electron chi connectivity index (χ4n) is 1.35. The molecular formula is C9H9N5O6. The summed E-state index contributed by atoms with van der Waals surface area (Å²) in [5.41, 5.74) is -0.200. The molecule has 20 heavy (non-hydrogen) atoms. The summed E-state index contributed by atoms with van der Waals surface area (Å²) >= 11 is 0. The first kappa shape index (κ1) is 14.9. The smallest absolute Gasteiger partial charge is 0.292 e. The maximum atomic E-state index is 10.9. The predicted octanol–water partition coefficient (Wildman–Crippen LogP) is 1.35. The van der Waals surface area contributed by atoms with E-state index in [1.807, 2.05) is 0 Å². The van der Waals surface area contributed by atoms with Crippen molar-refractivity contribution in [3.05, 3.63) is 48.0 Å². The van der Waals surface area contributed by atoms with E-state index in [1.165, 1.54) is 0 Å². The first-order valence-electron chi connectivity index (χ1n) is 5.25. The SMILES string of the molecule is CCN/N=C/c1c([N+](=O)[O-])cc([N+](=O)[O-])cc1[N+](=O)[O-]. The summed E-state index contributed by atoms with van der Waals surface area (Å²) in [5.74, 6) is 0. The van der Waals surface area contributed by atoms with E-state index in [2.05, 4.69) is 10.5 Å². The van der Waals surface area contributed by atoms with Gasteiger partial charge in [0.15, 0.2) is 5.56 Å². The van der Waals surface area contributed by atoms with E-state index in [0.29, 0.717) is 18.7 Å². The molecule has 1 aromatic rings. The van der Waals surface area contributed by atoms with Gasteiger partial charge in [-0.1, -0.05) is 0 Å². The minimum Gasteiger partial charge on any atom is -0.310 e. The molecule has 0 fully saturated rings. The molecule has 0 bridgehead atoms. The first-order chi connectivity index (χ1) is 9.38. The minimum atomic E-state index is -0.939. The van der Waals surface area contributed by atoms with Crippen LogP contribution in [0.5, 0.6) is 0 Å². The Labute approximate surface area is 111 Å². The number of nitrogens with one attached hydrogen (secondary N) is 1. The highest BCUT2D eigenvalue weighted by Crippen LogP contribution is 2.32. The van der Waals surface area contributed by atoms with Crippen LogP contribution in [0.2, 0.25) is 0 Å². The van der Waals surface area contributed by atoms with E-state index >= 15 is 0 Å². The molecule has 0 amide bonds. The van der Waals surface area contributed by atoms with Crippen molar-refractivity contribution in [2.75, 3.05) is 6.54 Å². The Morgan fingerprint density at radius 2 is 1.60 bits per heavy atom. The van der Waals surface area contributed by atoms with Gasteiger partial charge in [-0.25, -0.2) is 0 Å². The van der Waals surface area contributed by atoms with Crippen molar-refractivity contribution in [3.8, 4) is 0 Å². The van der Waals surface area contributed by atoms with Gasteiger partial charge in [0.1, 0.15) is 0 Å². The van der Waals surface area contributed by atoms with E-state index in [0.717, 1.165) is 6.21 Å². The van der Waals surface area contributed by atoms with Gasteiger partial charge in [-0.3, -0.25) is 30.3 Å². The van der Waals surface area contributed by atoms with E-state index in [4.69, 9.17) is 0 Å². The lowest BCUT2D eigenvalue weighted by Gasteiger charge is -2.00. The maximum Gasteiger partial charge on any atom is 0.292 e. The van der Waals surface area contributed by atoms with Gasteiger partial charge in [0.05, 0.1) is 33.1 Å². The summed E-state index contributed by atoms with van der Waals surface area (Å²) < 4.78 is 0. The number of benzene rings is 1. The molecule has 0 aliphatic carbocycles. The molecule has 0 radical (unpaired) electrons. The van der Waals surface area contributed by atoms with Crippen LogP contribution in [0.4, 0.5) is 17.1 Å². The quantitative estimate of drug-likeness (QED) is 0.469. The maximum absolute atomic E-state index is 10.9. The van der Waals surface area contributed by atoms with Crippen LogP contribution in [0.15, 0.2) is 17.2 Å². The normalized spacial score (nSPS) is 10.4. The number of nitro benzene ring substituents is 3. The summed E-state index contributed by atoms with van der Waals surface area (Å²) in [6.07, 6.45) is 0.892. The number of hydrogen-bond donors (Lipinski definition) is 1. The zero-order valence-electron chi connectivity index (χ0n) is 10.2. The lowest BCUT2D eigenvalue weighted by atomic mass is 10.1. The molecular weight excluding hydrogens is 274 g/mol. The van der Waals surface area contributed by atoms with Gasteiger partial charge >= 0.3 is 0 Å². The molecule has 11 heteroatoms. The third-order valence-corrected chi connectivity index (χ3v) is 2.17. The molecule has 106 valence electrons. The zero-order chi connectivity index (χ0) is 15.3. The largest absolute Gasteiger partial charge is 0.310 e. The molecule has 0 spiro atoms. The molecule has 1 rings (SSSR count). The van der Waals surface area contributed by atoms with Crippen LogP contribution in [-0.4, -0.2) is 27.5 Å². The predicted molar refractivity (Wildman–Crippen MR) is 67.7 cm³/mol. The highest BCUT2D eigenvalue weighted by molar-refractivity contribution is 5.91. The summed E-state index contributed by atoms with van der Waals surface area (Å²) in [6.45, 7) is 2.11. The minimum absolute atomic E-state index is 0.408. The molecule has 11 nitrogen and oxygen atoms in total. The molecule has 0 aliphatic heterocycles. The third kappa shape index (κ3) is 3.22. The average molecular weight is 283 g/mol. The lowest BCUT2D eigenvalue weighted by Crippen LogP contribution is -2.06. The second-order valence-electron chi connectivity index (χ2n) is 3.44. The lowest BCUT2D eigenvalue weighted by molar-refractivity contribution is -0.403. The van der Waals surface area contributed by atoms with Crippen molar-refractivity contribution in [2.24, 2.45) is 5.10 Å². The Morgan fingerprint density at radius 3 is 1.95 bits per heavy atom. The number of hydrazone groups is 1. The standard InChI is InChI=1S/C9H9N5O6/c1-2-10-11-5-7-8(13(17)18)3-6(12(15)16)4-9(7)14(19)20/h3-5,10H,2H2,1H3/b11-5+. The van der Waals surface area contributed by atoms with E-state index < -0.39 is 37.4 Å². The van der Waals surface area contributed by atoms with Crippen molar-refractivity contribution in [3.63, 3.8) is 0 Å². The van der Waals surface area contributed by atoms with Crippen molar-refractivity contribution >= 4 is 23.3 Å². The number of nitro groups is 3. The summed E-state index contributed by atoms with van der Waals surface area (Å²) in [7, 11) is 0. The second-order valence-corrected chi connectivity index (χ2v) is 3.44. The van der Waals surface area contributed by atoms with Gasteiger partial charge in [0, 0.05) is 6.54 Å². The Morgan fingerprint density at radius 1 is 1.10 bits per heavy atom. The van der Waals surface area contributed by atoms with Gasteiger partial charge in [-0.15, -0.1) is 0 Å². The fourth-order valence-corrected chi connectivity index (χ4v) is 1.35. The van der Waals surface area contributed by atoms with Crippen LogP contribution < -0.4 is 5.43 Å². The number of nitrogens with zero attached hydrogens (tertiary/aromatic N) is 4.